The predicted octanol–water partition coefficient (Wildman–Crippen LogP) is 8.47. The lowest BCUT2D eigenvalue weighted by molar-refractivity contribution is -0.136. The van der Waals surface area contributed by atoms with Crippen LogP contribution in [0.25, 0.3) is 28.0 Å². The normalized spacial score (nSPS) is 19.9. The predicted molar refractivity (Wildman–Crippen MR) is 243 cm³/mol. The van der Waals surface area contributed by atoms with Gasteiger partial charge in [-0.3, -0.25) is 14.6 Å². The van der Waals surface area contributed by atoms with E-state index in [4.69, 9.17) is 28.9 Å². The highest BCUT2D eigenvalue weighted by Gasteiger charge is 2.41. The summed E-state index contributed by atoms with van der Waals surface area (Å²) < 4.78 is 23.9. The van der Waals surface area contributed by atoms with Gasteiger partial charge in [-0.15, -0.1) is 0 Å². The van der Waals surface area contributed by atoms with E-state index in [1.165, 1.54) is 0 Å². The van der Waals surface area contributed by atoms with Crippen LogP contribution in [0.4, 0.5) is 9.59 Å². The molecule has 15 nitrogen and oxygen atoms in total. The van der Waals surface area contributed by atoms with Gasteiger partial charge < -0.3 is 44.4 Å². The van der Waals surface area contributed by atoms with Crippen molar-refractivity contribution in [3.8, 4) is 33.9 Å². The third kappa shape index (κ3) is 9.21. The van der Waals surface area contributed by atoms with Crippen molar-refractivity contribution in [2.24, 2.45) is 16.8 Å². The highest BCUT2D eigenvalue weighted by atomic mass is 16.6. The Morgan fingerprint density at radius 3 is 1.77 bits per heavy atom. The number of H-pyrrole nitrogens is 1. The van der Waals surface area contributed by atoms with Gasteiger partial charge in [0.05, 0.1) is 24.0 Å². The Morgan fingerprint density at radius 1 is 0.734 bits per heavy atom. The first-order chi connectivity index (χ1) is 30.2. The highest BCUT2D eigenvalue weighted by molar-refractivity contribution is 6.04. The number of rotatable bonds is 10. The van der Waals surface area contributed by atoms with E-state index in [2.05, 4.69) is 33.8 Å². The number of carbonyl (C=O) groups is 4. The number of benzene rings is 2. The smallest absolute Gasteiger partial charge is 0.408 e. The number of hydrogen-bond acceptors (Lipinski definition) is 10. The zero-order valence-corrected chi connectivity index (χ0v) is 38.8. The molecule has 1 aromatic heterocycles. The van der Waals surface area contributed by atoms with Crippen LogP contribution >= 0.6 is 0 Å². The quantitative estimate of drug-likeness (QED) is 0.180. The molecule has 4 atom stereocenters. The molecule has 64 heavy (non-hydrogen) atoms. The molecule has 6 heterocycles. The van der Waals surface area contributed by atoms with E-state index < -0.39 is 35.5 Å². The number of aromatic nitrogens is 2. The molecule has 0 bridgehead atoms. The fourth-order valence-corrected chi connectivity index (χ4v) is 9.45. The van der Waals surface area contributed by atoms with Crippen molar-refractivity contribution in [1.29, 1.82) is 0 Å². The van der Waals surface area contributed by atoms with E-state index in [0.29, 0.717) is 38.5 Å². The van der Waals surface area contributed by atoms with Gasteiger partial charge in [-0.25, -0.2) is 14.6 Å². The number of alkyl carbamates (subject to hydrolysis) is 2. The second-order valence-electron chi connectivity index (χ2n) is 20.3. The molecule has 0 radical (unpaired) electrons. The van der Waals surface area contributed by atoms with Crippen LogP contribution in [-0.4, -0.2) is 91.9 Å². The fourth-order valence-electron chi connectivity index (χ4n) is 9.45. The summed E-state index contributed by atoms with van der Waals surface area (Å²) in [6.07, 6.45) is 6.34. The summed E-state index contributed by atoms with van der Waals surface area (Å²) in [5.41, 5.74) is 7.45. The summed E-state index contributed by atoms with van der Waals surface area (Å²) in [5, 5.41) is 5.64. The van der Waals surface area contributed by atoms with E-state index >= 15 is 0 Å². The molecule has 3 N–H and O–H groups in total. The topological polar surface area (TPSA) is 177 Å². The lowest BCUT2D eigenvalue weighted by atomic mass is 9.86. The average molecular weight is 878 g/mol. The molecular formula is C49H63N7O8. The molecule has 2 aromatic carbocycles. The lowest BCUT2D eigenvalue weighted by Crippen LogP contribution is -2.54. The Kier molecular flexibility index (Phi) is 12.1. The maximum atomic E-state index is 14.0. The number of carbonyl (C=O) groups excluding carboxylic acids is 4. The van der Waals surface area contributed by atoms with Gasteiger partial charge >= 0.3 is 12.2 Å². The number of allylic oxidation sites excluding steroid dienone is 1. The molecule has 0 spiro atoms. The van der Waals surface area contributed by atoms with E-state index in [-0.39, 0.29) is 35.7 Å². The van der Waals surface area contributed by atoms with Crippen molar-refractivity contribution in [3.63, 3.8) is 0 Å². The summed E-state index contributed by atoms with van der Waals surface area (Å²) in [6.45, 7) is 20.4. The largest absolute Gasteiger partial charge is 0.488 e. The lowest BCUT2D eigenvalue weighted by Gasteiger charge is -2.32. The van der Waals surface area contributed by atoms with E-state index in [0.717, 1.165) is 87.5 Å². The molecule has 0 saturated carbocycles. The number of imidazole rings is 1. The van der Waals surface area contributed by atoms with Crippen LogP contribution in [0.3, 0.4) is 0 Å². The second kappa shape index (κ2) is 17.3. The first kappa shape index (κ1) is 44.7. The first-order valence-electron chi connectivity index (χ1n) is 22.8. The van der Waals surface area contributed by atoms with Gasteiger partial charge in [0.2, 0.25) is 11.8 Å². The van der Waals surface area contributed by atoms with Gasteiger partial charge in [0, 0.05) is 59.2 Å². The molecule has 2 saturated heterocycles. The minimum absolute atomic E-state index is 0.118. The Labute approximate surface area is 375 Å². The van der Waals surface area contributed by atoms with Crippen molar-refractivity contribution in [3.05, 3.63) is 59.2 Å². The molecule has 342 valence electrons. The van der Waals surface area contributed by atoms with E-state index in [9.17, 15) is 19.2 Å². The van der Waals surface area contributed by atoms with Crippen LogP contribution < -0.4 is 20.1 Å². The second-order valence-corrected chi connectivity index (χ2v) is 20.3. The van der Waals surface area contributed by atoms with Crippen LogP contribution in [0.5, 0.6) is 11.5 Å². The Balaban J connectivity index is 0.957. The number of nitrogens with zero attached hydrogens (tertiary/aromatic N) is 4. The number of nitrogens with one attached hydrogen (secondary N) is 3. The van der Waals surface area contributed by atoms with Crippen LogP contribution in [0.1, 0.15) is 130 Å². The fraction of sp³-hybridized carbons (Fsp3) is 0.551. The number of ether oxygens (including phenoxy) is 4. The van der Waals surface area contributed by atoms with E-state index in [1.54, 1.807) is 47.7 Å². The summed E-state index contributed by atoms with van der Waals surface area (Å²) in [6, 6.07) is 6.55. The van der Waals surface area contributed by atoms with Crippen molar-refractivity contribution < 1.29 is 38.1 Å². The Bertz CT molecular complexity index is 2350. The molecule has 4 amide bonds. The third-order valence-electron chi connectivity index (χ3n) is 12.4. The summed E-state index contributed by atoms with van der Waals surface area (Å²) >= 11 is 0. The zero-order chi connectivity index (χ0) is 45.8. The molecule has 8 rings (SSSR count). The molecular weight excluding hydrogens is 815 g/mol. The van der Waals surface area contributed by atoms with Gasteiger partial charge in [-0.2, -0.15) is 0 Å². The van der Waals surface area contributed by atoms with Crippen molar-refractivity contribution in [2.75, 3.05) is 13.1 Å². The van der Waals surface area contributed by atoms with Crippen molar-refractivity contribution >= 4 is 35.3 Å². The van der Waals surface area contributed by atoms with E-state index in [1.807, 2.05) is 49.8 Å². The molecule has 0 unspecified atom stereocenters. The molecule has 15 heteroatoms. The van der Waals surface area contributed by atoms with Gasteiger partial charge in [0.1, 0.15) is 53.8 Å². The molecule has 2 fully saturated rings. The molecule has 0 aliphatic carbocycles. The molecule has 5 aliphatic heterocycles. The minimum atomic E-state index is -0.736. The minimum Gasteiger partial charge on any atom is -0.488 e. The molecule has 3 aromatic rings. The number of aliphatic imine (C=N–C) groups is 1. The van der Waals surface area contributed by atoms with Crippen LogP contribution in [-0.2, 0) is 32.3 Å². The van der Waals surface area contributed by atoms with Crippen LogP contribution in [0.15, 0.2) is 41.7 Å². The maximum absolute atomic E-state index is 14.0. The number of amides is 4. The Morgan fingerprint density at radius 2 is 1.23 bits per heavy atom. The van der Waals surface area contributed by atoms with Gasteiger partial charge in [0.25, 0.3) is 0 Å². The summed E-state index contributed by atoms with van der Waals surface area (Å²) in [5.74, 6) is 1.73. The van der Waals surface area contributed by atoms with Gasteiger partial charge in [-0.05, 0) is 114 Å². The third-order valence-corrected chi connectivity index (χ3v) is 12.4. The van der Waals surface area contributed by atoms with Gasteiger partial charge in [0.15, 0.2) is 0 Å². The summed E-state index contributed by atoms with van der Waals surface area (Å²) in [4.78, 5) is 70.2. The number of likely N-dealkylation sites (tertiary alicyclic amines) is 2. The maximum Gasteiger partial charge on any atom is 0.408 e. The van der Waals surface area contributed by atoms with Crippen LogP contribution in [0, 0.1) is 11.8 Å². The SMILES string of the molecule is CC(C)[C@H](NC(=O)OC(C)(C)C)C(=O)N1CCC[C@H]1C1=NC=C(c2cc3c4c(c2)OCc2cc(-c5cnc([C@@H]6CCCN6C(=O)[C@@H](NC(=O)OC(C)(C)C)C(C)C)[nH]5)cc(c2-4)OC3)C1. The van der Waals surface area contributed by atoms with Crippen molar-refractivity contribution in [2.45, 2.75) is 150 Å². The summed E-state index contributed by atoms with van der Waals surface area (Å²) in [7, 11) is 0. The highest BCUT2D eigenvalue weighted by Crippen LogP contribution is 2.51. The molecule has 5 aliphatic rings. The number of hydrogen-bond donors (Lipinski definition) is 3. The zero-order valence-electron chi connectivity index (χ0n) is 38.8. The van der Waals surface area contributed by atoms with Gasteiger partial charge in [-0.1, -0.05) is 27.7 Å². The van der Waals surface area contributed by atoms with Crippen molar-refractivity contribution in [1.82, 2.24) is 30.4 Å². The number of aromatic amines is 1. The average Bonchev–Trinajstić information content (AvgIpc) is 4.06. The standard InChI is InChI=1S/C49H63N7O8/c1-26(2)41(53-46(59)63-48(5,6)7)44(57)55-15-11-13-35(55)33-19-30(22-50-33)28-17-31-24-62-38-21-29(18-32-25-61-37(20-28)39(31)40(32)38)34-23-51-43(52-34)36-14-12-16-56(36)45(58)42(27(3)4)54-47(60)64-49(8,9)10/h17-18,20-23,26-27,35-36,41-42H,11-16,19,24-25H2,1-10H3,(H,51,52)(H,53,59)(H,54,60)/t35-,36-,41-,42-/m0/s1. The Hall–Kier alpha value is -5.86. The first-order valence-corrected chi connectivity index (χ1v) is 22.8. The monoisotopic (exact) mass is 877 g/mol. The van der Waals surface area contributed by atoms with Crippen LogP contribution in [0.2, 0.25) is 0 Å².